The van der Waals surface area contributed by atoms with Crippen LogP contribution < -0.4 is 20.7 Å². The van der Waals surface area contributed by atoms with E-state index in [1.807, 2.05) is 11.2 Å². The highest BCUT2D eigenvalue weighted by molar-refractivity contribution is 7.98. The Hall–Kier alpha value is -2.52. The van der Waals surface area contributed by atoms with E-state index in [1.54, 1.807) is 11.8 Å². The number of hydrogen-bond acceptors (Lipinski definition) is 8. The fourth-order valence-electron chi connectivity index (χ4n) is 3.88. The Labute approximate surface area is 181 Å². The van der Waals surface area contributed by atoms with Crippen LogP contribution >= 0.6 is 11.8 Å². The van der Waals surface area contributed by atoms with Crippen LogP contribution in [0.3, 0.4) is 0 Å². The zero-order chi connectivity index (χ0) is 20.9. The predicted octanol–water partition coefficient (Wildman–Crippen LogP) is 2.36. The van der Waals surface area contributed by atoms with Crippen LogP contribution in [0.25, 0.3) is 0 Å². The van der Waals surface area contributed by atoms with Crippen molar-refractivity contribution in [2.45, 2.75) is 25.9 Å². The first-order chi connectivity index (χ1) is 14.6. The molecule has 2 aliphatic rings. The molecule has 4 rings (SSSR count). The van der Waals surface area contributed by atoms with Gasteiger partial charge in [0.05, 0.1) is 6.54 Å². The van der Waals surface area contributed by atoms with E-state index in [2.05, 4.69) is 44.5 Å². The van der Waals surface area contributed by atoms with E-state index in [0.717, 1.165) is 17.9 Å². The normalized spacial score (nSPS) is 16.4. The molecule has 2 aliphatic heterocycles. The molecule has 0 bridgehead atoms. The Bertz CT molecular complexity index is 903. The summed E-state index contributed by atoms with van der Waals surface area (Å²) in [6.07, 6.45) is 4.57. The Balaban J connectivity index is 1.54. The van der Waals surface area contributed by atoms with Crippen molar-refractivity contribution in [2.24, 2.45) is 0 Å². The molecule has 3 N–H and O–H groups in total. The second kappa shape index (κ2) is 9.53. The van der Waals surface area contributed by atoms with Gasteiger partial charge >= 0.3 is 6.01 Å². The summed E-state index contributed by atoms with van der Waals surface area (Å²) < 4.78 is 5.64. The topological polar surface area (TPSA) is 96.6 Å². The lowest BCUT2D eigenvalue weighted by molar-refractivity contribution is -0.115. The number of likely N-dealkylation sites (tertiary alicyclic amines) is 1. The first-order valence-corrected chi connectivity index (χ1v) is 11.7. The van der Waals surface area contributed by atoms with Crippen LogP contribution in [0, 0.1) is 0 Å². The third kappa shape index (κ3) is 4.96. The predicted molar refractivity (Wildman–Crippen MR) is 121 cm³/mol. The number of ether oxygens (including phenoxy) is 1. The van der Waals surface area contributed by atoms with E-state index in [1.165, 1.54) is 31.5 Å². The van der Waals surface area contributed by atoms with E-state index >= 15 is 0 Å². The number of nitrogens with zero attached hydrogens (tertiary/aromatic N) is 4. The Morgan fingerprint density at radius 3 is 2.73 bits per heavy atom. The zero-order valence-corrected chi connectivity index (χ0v) is 18.1. The number of anilines is 3. The SMILES string of the molecule is CSCCOc1nc(N)c2c(n1)N(Cc1cccc(CN3CCCC3)c1)CC(=O)N2. The molecule has 1 saturated heterocycles. The summed E-state index contributed by atoms with van der Waals surface area (Å²) in [4.78, 5) is 25.4. The molecule has 9 heteroatoms. The number of rotatable bonds is 8. The van der Waals surface area contributed by atoms with E-state index in [4.69, 9.17) is 10.5 Å². The lowest BCUT2D eigenvalue weighted by Gasteiger charge is -2.30. The fourth-order valence-corrected chi connectivity index (χ4v) is 4.13. The van der Waals surface area contributed by atoms with Crippen molar-refractivity contribution in [3.8, 4) is 6.01 Å². The van der Waals surface area contributed by atoms with Crippen LogP contribution in [0.1, 0.15) is 24.0 Å². The molecule has 0 atom stereocenters. The average molecular weight is 429 g/mol. The number of carbonyl (C=O) groups is 1. The summed E-state index contributed by atoms with van der Waals surface area (Å²) in [7, 11) is 0. The number of amides is 1. The molecule has 8 nitrogen and oxygen atoms in total. The molecular formula is C21H28N6O2S. The molecule has 0 aliphatic carbocycles. The summed E-state index contributed by atoms with van der Waals surface area (Å²) in [5.74, 6) is 1.54. The summed E-state index contributed by atoms with van der Waals surface area (Å²) >= 11 is 1.69. The minimum Gasteiger partial charge on any atom is -0.462 e. The van der Waals surface area contributed by atoms with Gasteiger partial charge in [-0.25, -0.2) is 0 Å². The second-order valence-corrected chi connectivity index (χ2v) is 8.62. The van der Waals surface area contributed by atoms with Crippen LogP contribution in [0.15, 0.2) is 24.3 Å². The molecule has 1 amide bonds. The van der Waals surface area contributed by atoms with Gasteiger partial charge in [0.25, 0.3) is 0 Å². The van der Waals surface area contributed by atoms with Gasteiger partial charge in [-0.2, -0.15) is 21.7 Å². The van der Waals surface area contributed by atoms with Gasteiger partial charge < -0.3 is 20.7 Å². The molecule has 2 aromatic rings. The first kappa shape index (κ1) is 20.7. The average Bonchev–Trinajstić information content (AvgIpc) is 3.22. The summed E-state index contributed by atoms with van der Waals surface area (Å²) in [6.45, 7) is 4.58. The molecule has 0 spiro atoms. The fraction of sp³-hybridized carbons (Fsp3) is 0.476. The van der Waals surface area contributed by atoms with Gasteiger partial charge in [0.1, 0.15) is 12.3 Å². The number of aromatic nitrogens is 2. The summed E-state index contributed by atoms with van der Waals surface area (Å²) in [5.41, 5.74) is 8.98. The number of hydrogen-bond donors (Lipinski definition) is 2. The number of nitrogens with two attached hydrogens (primary N) is 1. The van der Waals surface area contributed by atoms with Crippen molar-refractivity contribution in [1.29, 1.82) is 0 Å². The maximum absolute atomic E-state index is 12.3. The van der Waals surface area contributed by atoms with Gasteiger partial charge in [-0.1, -0.05) is 24.3 Å². The Morgan fingerprint density at radius 1 is 1.20 bits per heavy atom. The lowest BCUT2D eigenvalue weighted by atomic mass is 10.1. The van der Waals surface area contributed by atoms with Crippen molar-refractivity contribution >= 4 is 35.0 Å². The number of benzene rings is 1. The molecule has 0 radical (unpaired) electrons. The molecule has 160 valence electrons. The second-order valence-electron chi connectivity index (χ2n) is 7.64. The molecule has 3 heterocycles. The molecule has 30 heavy (non-hydrogen) atoms. The monoisotopic (exact) mass is 428 g/mol. The molecule has 0 unspecified atom stereocenters. The van der Waals surface area contributed by atoms with Crippen molar-refractivity contribution in [2.75, 3.05) is 54.2 Å². The third-order valence-electron chi connectivity index (χ3n) is 5.28. The highest BCUT2D eigenvalue weighted by atomic mass is 32.2. The van der Waals surface area contributed by atoms with Crippen LogP contribution in [0.2, 0.25) is 0 Å². The van der Waals surface area contributed by atoms with Gasteiger partial charge in [-0.05, 0) is 43.3 Å². The largest absolute Gasteiger partial charge is 0.462 e. The number of thioether (sulfide) groups is 1. The Kier molecular flexibility index (Phi) is 6.59. The van der Waals surface area contributed by atoms with Gasteiger partial charge in [0.2, 0.25) is 5.91 Å². The molecule has 1 fully saturated rings. The number of fused-ring (bicyclic) bond motifs is 1. The van der Waals surface area contributed by atoms with Crippen molar-refractivity contribution in [3.63, 3.8) is 0 Å². The molecular weight excluding hydrogens is 400 g/mol. The lowest BCUT2D eigenvalue weighted by Crippen LogP contribution is -2.39. The van der Waals surface area contributed by atoms with Crippen LogP contribution in [-0.4, -0.2) is 59.0 Å². The van der Waals surface area contributed by atoms with E-state index in [-0.39, 0.29) is 24.3 Å². The van der Waals surface area contributed by atoms with Crippen molar-refractivity contribution < 1.29 is 9.53 Å². The Morgan fingerprint density at radius 2 is 1.97 bits per heavy atom. The van der Waals surface area contributed by atoms with Gasteiger partial charge in [-0.15, -0.1) is 0 Å². The first-order valence-electron chi connectivity index (χ1n) is 10.3. The maximum atomic E-state index is 12.3. The van der Waals surface area contributed by atoms with E-state index in [9.17, 15) is 4.79 Å². The van der Waals surface area contributed by atoms with Gasteiger partial charge in [0, 0.05) is 18.8 Å². The van der Waals surface area contributed by atoms with Gasteiger partial charge in [-0.3, -0.25) is 9.69 Å². The molecule has 0 saturated carbocycles. The number of nitrogens with one attached hydrogen (secondary N) is 1. The standard InChI is InChI=1S/C21H28N6O2S/c1-30-10-9-29-21-24-19(22)18-20(25-21)27(14-17(28)23-18)13-16-6-4-5-15(11-16)12-26-7-2-3-8-26/h4-6,11H,2-3,7-10,12-14H2,1H3,(H,23,28)(H2,22,24,25). The zero-order valence-electron chi connectivity index (χ0n) is 17.3. The highest BCUT2D eigenvalue weighted by Crippen LogP contribution is 2.34. The number of carbonyl (C=O) groups excluding carboxylic acids is 1. The van der Waals surface area contributed by atoms with E-state index in [0.29, 0.717) is 24.7 Å². The van der Waals surface area contributed by atoms with Crippen molar-refractivity contribution in [1.82, 2.24) is 14.9 Å². The third-order valence-corrected chi connectivity index (χ3v) is 5.86. The van der Waals surface area contributed by atoms with Crippen LogP contribution in [0.5, 0.6) is 6.01 Å². The molecule has 1 aromatic heterocycles. The highest BCUT2D eigenvalue weighted by Gasteiger charge is 2.27. The summed E-state index contributed by atoms with van der Waals surface area (Å²) in [6, 6.07) is 8.78. The minimum atomic E-state index is -0.123. The van der Waals surface area contributed by atoms with Gasteiger partial charge in [0.15, 0.2) is 11.6 Å². The quantitative estimate of drug-likeness (QED) is 0.619. The summed E-state index contributed by atoms with van der Waals surface area (Å²) in [5, 5.41) is 2.80. The van der Waals surface area contributed by atoms with E-state index < -0.39 is 0 Å². The van der Waals surface area contributed by atoms with Crippen molar-refractivity contribution in [3.05, 3.63) is 35.4 Å². The maximum Gasteiger partial charge on any atom is 0.320 e. The minimum absolute atomic E-state index is 0.123. The molecule has 1 aromatic carbocycles. The number of nitrogen functional groups attached to an aromatic ring is 1. The smallest absolute Gasteiger partial charge is 0.320 e. The van der Waals surface area contributed by atoms with Crippen LogP contribution in [-0.2, 0) is 17.9 Å². The van der Waals surface area contributed by atoms with Crippen LogP contribution in [0.4, 0.5) is 17.3 Å².